The Bertz CT molecular complexity index is 238. The molecule has 0 unspecified atom stereocenters. The summed E-state index contributed by atoms with van der Waals surface area (Å²) in [5.41, 5.74) is 0. The number of nitrogens with one attached hydrogen (secondary N) is 1. The van der Waals surface area contributed by atoms with E-state index in [-0.39, 0.29) is 5.91 Å². The van der Waals surface area contributed by atoms with Gasteiger partial charge in [-0.05, 0) is 19.3 Å². The first-order valence-corrected chi connectivity index (χ1v) is 5.68. The van der Waals surface area contributed by atoms with E-state index < -0.39 is 12.0 Å². The predicted molar refractivity (Wildman–Crippen MR) is 63.1 cm³/mol. The highest BCUT2D eigenvalue weighted by Crippen LogP contribution is 2.08. The van der Waals surface area contributed by atoms with Crippen molar-refractivity contribution in [1.82, 2.24) is 5.32 Å². The maximum absolute atomic E-state index is 10.8. The van der Waals surface area contributed by atoms with Crippen LogP contribution in [0.4, 0.5) is 0 Å². The van der Waals surface area contributed by atoms with Gasteiger partial charge in [-0.3, -0.25) is 4.79 Å². The minimum absolute atomic E-state index is 0.293. The molecule has 0 spiro atoms. The van der Waals surface area contributed by atoms with Gasteiger partial charge >= 0.3 is 5.97 Å². The third-order valence-corrected chi connectivity index (χ3v) is 2.33. The molecule has 0 saturated heterocycles. The molecule has 4 heteroatoms. The summed E-state index contributed by atoms with van der Waals surface area (Å²) in [7, 11) is 0. The molecule has 2 N–H and O–H groups in total. The number of carbonyl (C=O) groups excluding carboxylic acids is 1. The molecule has 0 bridgehead atoms. The van der Waals surface area contributed by atoms with Gasteiger partial charge in [0.2, 0.25) is 5.91 Å². The Balaban J connectivity index is 3.64. The lowest BCUT2D eigenvalue weighted by molar-refractivity contribution is -0.141. The van der Waals surface area contributed by atoms with Crippen LogP contribution >= 0.6 is 0 Å². The number of hydrogen-bond donors (Lipinski definition) is 2. The fourth-order valence-corrected chi connectivity index (χ4v) is 1.49. The molecule has 0 aliphatic rings. The highest BCUT2D eigenvalue weighted by Gasteiger charge is 2.17. The van der Waals surface area contributed by atoms with Crippen LogP contribution in [0.3, 0.4) is 0 Å². The molecular formula is C12H21NO3. The molecule has 0 radical (unpaired) electrons. The van der Waals surface area contributed by atoms with E-state index in [0.29, 0.717) is 6.42 Å². The van der Waals surface area contributed by atoms with Gasteiger partial charge in [-0.2, -0.15) is 0 Å². The quantitative estimate of drug-likeness (QED) is 0.468. The molecule has 0 fully saturated rings. The lowest BCUT2D eigenvalue weighted by Crippen LogP contribution is -2.39. The van der Waals surface area contributed by atoms with Crippen LogP contribution in [0.1, 0.15) is 45.4 Å². The number of carboxylic acid groups (broad SMARTS) is 1. The highest BCUT2D eigenvalue weighted by atomic mass is 16.4. The number of aliphatic carboxylic acids is 1. The Kier molecular flexibility index (Phi) is 8.21. The smallest absolute Gasteiger partial charge is 0.326 e. The van der Waals surface area contributed by atoms with Crippen LogP contribution in [-0.2, 0) is 9.59 Å². The number of amides is 1. The molecular weight excluding hydrogens is 206 g/mol. The molecule has 0 aliphatic heterocycles. The second-order valence-corrected chi connectivity index (χ2v) is 3.87. The van der Waals surface area contributed by atoms with Crippen molar-refractivity contribution in [2.45, 2.75) is 51.5 Å². The van der Waals surface area contributed by atoms with Gasteiger partial charge in [-0.15, -0.1) is 6.58 Å². The minimum atomic E-state index is -0.957. The third-order valence-electron chi connectivity index (χ3n) is 2.33. The van der Waals surface area contributed by atoms with Crippen molar-refractivity contribution in [2.24, 2.45) is 0 Å². The standard InChI is InChI=1S/C12H21NO3/c1-3-4-5-6-7-8-9-11(12(15)16)13-10(2)14/h3,11H,1,4-9H2,2H3,(H,13,14)(H,15,16)/t11-/m0/s1. The predicted octanol–water partition coefficient (Wildman–Crippen LogP) is 2.10. The van der Waals surface area contributed by atoms with Crippen LogP contribution in [0.15, 0.2) is 12.7 Å². The van der Waals surface area contributed by atoms with Gasteiger partial charge in [0.25, 0.3) is 0 Å². The number of rotatable bonds is 9. The number of carboxylic acids is 1. The van der Waals surface area contributed by atoms with E-state index in [1.165, 1.54) is 6.92 Å². The molecule has 92 valence electrons. The van der Waals surface area contributed by atoms with Crippen LogP contribution in [0.2, 0.25) is 0 Å². The van der Waals surface area contributed by atoms with Crippen molar-refractivity contribution < 1.29 is 14.7 Å². The average Bonchev–Trinajstić information content (AvgIpc) is 2.20. The van der Waals surface area contributed by atoms with Gasteiger partial charge in [0.15, 0.2) is 0 Å². The third kappa shape index (κ3) is 8.03. The van der Waals surface area contributed by atoms with E-state index in [0.717, 1.165) is 32.1 Å². The summed E-state index contributed by atoms with van der Waals surface area (Å²) in [6.07, 6.45) is 7.40. The molecule has 0 saturated carbocycles. The average molecular weight is 227 g/mol. The molecule has 0 rings (SSSR count). The Labute approximate surface area is 96.7 Å². The van der Waals surface area contributed by atoms with Gasteiger partial charge in [0.05, 0.1) is 0 Å². The topological polar surface area (TPSA) is 66.4 Å². The van der Waals surface area contributed by atoms with E-state index in [1.807, 2.05) is 6.08 Å². The normalized spacial score (nSPS) is 11.8. The molecule has 0 aliphatic carbocycles. The van der Waals surface area contributed by atoms with E-state index in [9.17, 15) is 9.59 Å². The summed E-state index contributed by atoms with van der Waals surface area (Å²) in [6.45, 7) is 4.97. The first kappa shape index (κ1) is 14.7. The van der Waals surface area contributed by atoms with Crippen LogP contribution in [-0.4, -0.2) is 23.0 Å². The summed E-state index contributed by atoms with van der Waals surface area (Å²) < 4.78 is 0. The monoisotopic (exact) mass is 227 g/mol. The first-order valence-electron chi connectivity index (χ1n) is 5.68. The molecule has 0 aromatic heterocycles. The van der Waals surface area contributed by atoms with Crippen molar-refractivity contribution in [3.63, 3.8) is 0 Å². The Morgan fingerprint density at radius 3 is 2.44 bits per heavy atom. The lowest BCUT2D eigenvalue weighted by atomic mass is 10.1. The fraction of sp³-hybridized carbons (Fsp3) is 0.667. The summed E-state index contributed by atoms with van der Waals surface area (Å²) in [6, 6.07) is -0.739. The van der Waals surface area contributed by atoms with Crippen molar-refractivity contribution in [3.05, 3.63) is 12.7 Å². The molecule has 4 nitrogen and oxygen atoms in total. The van der Waals surface area contributed by atoms with Gasteiger partial charge in [-0.1, -0.05) is 25.3 Å². The van der Waals surface area contributed by atoms with Gasteiger partial charge in [-0.25, -0.2) is 4.79 Å². The van der Waals surface area contributed by atoms with Crippen LogP contribution in [0.5, 0.6) is 0 Å². The first-order chi connectivity index (χ1) is 7.57. The van der Waals surface area contributed by atoms with Crippen LogP contribution < -0.4 is 5.32 Å². The molecule has 0 heterocycles. The molecule has 0 aromatic rings. The van der Waals surface area contributed by atoms with E-state index >= 15 is 0 Å². The maximum atomic E-state index is 10.8. The lowest BCUT2D eigenvalue weighted by Gasteiger charge is -2.12. The Morgan fingerprint density at radius 2 is 1.94 bits per heavy atom. The van der Waals surface area contributed by atoms with Crippen LogP contribution in [0, 0.1) is 0 Å². The fourth-order valence-electron chi connectivity index (χ4n) is 1.49. The van der Waals surface area contributed by atoms with Gasteiger partial charge < -0.3 is 10.4 Å². The number of carbonyl (C=O) groups is 2. The zero-order valence-electron chi connectivity index (χ0n) is 9.87. The highest BCUT2D eigenvalue weighted by molar-refractivity contribution is 5.81. The van der Waals surface area contributed by atoms with E-state index in [1.54, 1.807) is 0 Å². The van der Waals surface area contributed by atoms with E-state index in [4.69, 9.17) is 5.11 Å². The SMILES string of the molecule is C=CCCCCCC[C@H](NC(C)=O)C(=O)O. The van der Waals surface area contributed by atoms with Crippen LogP contribution in [0.25, 0.3) is 0 Å². The second kappa shape index (κ2) is 8.95. The summed E-state index contributed by atoms with van der Waals surface area (Å²) in [5, 5.41) is 11.3. The van der Waals surface area contributed by atoms with Gasteiger partial charge in [0.1, 0.15) is 6.04 Å². The Hall–Kier alpha value is -1.32. The number of hydrogen-bond acceptors (Lipinski definition) is 2. The zero-order chi connectivity index (χ0) is 12.4. The molecule has 16 heavy (non-hydrogen) atoms. The minimum Gasteiger partial charge on any atom is -0.480 e. The molecule has 0 aromatic carbocycles. The zero-order valence-corrected chi connectivity index (χ0v) is 9.87. The second-order valence-electron chi connectivity index (χ2n) is 3.87. The van der Waals surface area contributed by atoms with Crippen molar-refractivity contribution in [2.75, 3.05) is 0 Å². The number of allylic oxidation sites excluding steroid dienone is 1. The largest absolute Gasteiger partial charge is 0.480 e. The van der Waals surface area contributed by atoms with Crippen molar-refractivity contribution in [1.29, 1.82) is 0 Å². The summed E-state index contributed by atoms with van der Waals surface area (Å²) >= 11 is 0. The Morgan fingerprint density at radius 1 is 1.31 bits per heavy atom. The molecule has 1 atom stereocenters. The number of unbranched alkanes of at least 4 members (excludes halogenated alkanes) is 4. The van der Waals surface area contributed by atoms with Crippen molar-refractivity contribution >= 4 is 11.9 Å². The van der Waals surface area contributed by atoms with Gasteiger partial charge in [0, 0.05) is 6.92 Å². The van der Waals surface area contributed by atoms with Crippen molar-refractivity contribution in [3.8, 4) is 0 Å². The summed E-state index contributed by atoms with van der Waals surface area (Å²) in [5.74, 6) is -1.25. The summed E-state index contributed by atoms with van der Waals surface area (Å²) in [4.78, 5) is 21.5. The van der Waals surface area contributed by atoms with E-state index in [2.05, 4.69) is 11.9 Å². The molecule has 1 amide bonds. The maximum Gasteiger partial charge on any atom is 0.326 e.